The predicted molar refractivity (Wildman–Crippen MR) is 97.3 cm³/mol. The molecule has 28 heavy (non-hydrogen) atoms. The number of anilines is 1. The number of benzene rings is 2. The van der Waals surface area contributed by atoms with Gasteiger partial charge in [-0.2, -0.15) is 18.2 Å². The van der Waals surface area contributed by atoms with Gasteiger partial charge in [0.2, 0.25) is 5.91 Å². The van der Waals surface area contributed by atoms with E-state index in [0.717, 1.165) is 12.1 Å². The summed E-state index contributed by atoms with van der Waals surface area (Å²) in [5.41, 5.74) is 0.617. The zero-order chi connectivity index (χ0) is 20.3. The van der Waals surface area contributed by atoms with Crippen LogP contribution in [-0.2, 0) is 11.0 Å². The monoisotopic (exact) mass is 390 g/mol. The summed E-state index contributed by atoms with van der Waals surface area (Å²) in [6.45, 7) is 1.74. The zero-order valence-electron chi connectivity index (χ0n) is 15.1. The fourth-order valence-electron chi connectivity index (χ4n) is 2.52. The summed E-state index contributed by atoms with van der Waals surface area (Å²) in [7, 11) is 1.37. The lowest BCUT2D eigenvalue weighted by Crippen LogP contribution is -2.09. The molecule has 0 fully saturated rings. The number of carbonyl (C=O) groups excluding carboxylic acids is 1. The average Bonchev–Trinajstić information content (AvgIpc) is 3.12. The van der Waals surface area contributed by atoms with Crippen LogP contribution >= 0.6 is 0 Å². The van der Waals surface area contributed by atoms with Crippen molar-refractivity contribution < 1.29 is 22.7 Å². The first-order chi connectivity index (χ1) is 13.3. The van der Waals surface area contributed by atoms with E-state index in [9.17, 15) is 18.0 Å². The largest absolute Gasteiger partial charge is 0.466 e. The van der Waals surface area contributed by atoms with Gasteiger partial charge in [-0.1, -0.05) is 19.1 Å². The maximum absolute atomic E-state index is 13.1. The van der Waals surface area contributed by atoms with E-state index in [1.807, 2.05) is 0 Å². The molecular formula is C19H17F3N4O2. The molecule has 0 saturated carbocycles. The molecule has 3 aromatic rings. The number of amides is 1. The molecule has 2 aromatic carbocycles. The Labute approximate surface area is 159 Å². The molecule has 0 radical (unpaired) electrons. The fraction of sp³-hybridized carbons (Fsp3) is 0.211. The molecular weight excluding hydrogens is 373 g/mol. The number of methoxy groups -OCH3 is 1. The van der Waals surface area contributed by atoms with Crippen LogP contribution in [0.3, 0.4) is 0 Å². The van der Waals surface area contributed by atoms with Crippen LogP contribution in [0.25, 0.3) is 17.1 Å². The first-order valence-electron chi connectivity index (χ1n) is 8.40. The standard InChI is InChI=1S/C19H17F3N4O2/c1-3-16(27)23-14-7-9-15(10-8-14)26-17(24-18(25-26)28-2)12-5-4-6-13(11-12)19(20,21)22/h4-11H,3H2,1-2H3,(H,23,27). The van der Waals surface area contributed by atoms with E-state index in [2.05, 4.69) is 15.4 Å². The molecule has 1 aromatic heterocycles. The molecule has 6 nitrogen and oxygen atoms in total. The summed E-state index contributed by atoms with van der Waals surface area (Å²) < 4.78 is 45.6. The molecule has 1 amide bonds. The maximum Gasteiger partial charge on any atom is 0.416 e. The molecule has 0 aliphatic heterocycles. The van der Waals surface area contributed by atoms with E-state index < -0.39 is 11.7 Å². The van der Waals surface area contributed by atoms with Crippen LogP contribution in [-0.4, -0.2) is 27.8 Å². The number of halogens is 3. The fourth-order valence-corrected chi connectivity index (χ4v) is 2.52. The number of aromatic nitrogens is 3. The first-order valence-corrected chi connectivity index (χ1v) is 8.40. The highest BCUT2D eigenvalue weighted by atomic mass is 19.4. The third-order valence-electron chi connectivity index (χ3n) is 3.94. The van der Waals surface area contributed by atoms with Crippen molar-refractivity contribution in [2.75, 3.05) is 12.4 Å². The minimum Gasteiger partial charge on any atom is -0.466 e. The van der Waals surface area contributed by atoms with Crippen molar-refractivity contribution in [3.05, 3.63) is 54.1 Å². The van der Waals surface area contributed by atoms with Crippen LogP contribution in [0.1, 0.15) is 18.9 Å². The minimum atomic E-state index is -4.47. The second kappa shape index (κ2) is 7.71. The van der Waals surface area contributed by atoms with Gasteiger partial charge in [0.1, 0.15) is 0 Å². The Balaban J connectivity index is 2.02. The van der Waals surface area contributed by atoms with E-state index in [1.165, 1.54) is 23.9 Å². The summed E-state index contributed by atoms with van der Waals surface area (Å²) in [5, 5.41) is 6.91. The number of rotatable bonds is 5. The summed E-state index contributed by atoms with van der Waals surface area (Å²) in [6.07, 6.45) is -4.12. The number of alkyl halides is 3. The quantitative estimate of drug-likeness (QED) is 0.705. The van der Waals surface area contributed by atoms with Crippen LogP contribution in [0.2, 0.25) is 0 Å². The van der Waals surface area contributed by atoms with E-state index in [-0.39, 0.29) is 23.3 Å². The van der Waals surface area contributed by atoms with Crippen molar-refractivity contribution in [1.82, 2.24) is 14.8 Å². The summed E-state index contributed by atoms with van der Waals surface area (Å²) in [5.74, 6) is 0.0770. The van der Waals surface area contributed by atoms with Gasteiger partial charge in [0.15, 0.2) is 5.82 Å². The van der Waals surface area contributed by atoms with Gasteiger partial charge in [-0.15, -0.1) is 5.10 Å². The summed E-state index contributed by atoms with van der Waals surface area (Å²) >= 11 is 0. The third kappa shape index (κ3) is 4.13. The molecule has 0 bridgehead atoms. The normalized spacial score (nSPS) is 11.3. The Morgan fingerprint density at radius 1 is 1.18 bits per heavy atom. The smallest absolute Gasteiger partial charge is 0.416 e. The number of carbonyl (C=O) groups is 1. The van der Waals surface area contributed by atoms with E-state index in [0.29, 0.717) is 17.8 Å². The SMILES string of the molecule is CCC(=O)Nc1ccc(-n2nc(OC)nc2-c2cccc(C(F)(F)F)c2)cc1. The highest BCUT2D eigenvalue weighted by molar-refractivity contribution is 5.90. The maximum atomic E-state index is 13.1. The van der Waals surface area contributed by atoms with Crippen molar-refractivity contribution in [3.63, 3.8) is 0 Å². The lowest BCUT2D eigenvalue weighted by Gasteiger charge is -2.10. The molecule has 146 valence electrons. The molecule has 0 spiro atoms. The van der Waals surface area contributed by atoms with Gasteiger partial charge in [-0.3, -0.25) is 4.79 Å². The Hall–Kier alpha value is -3.36. The van der Waals surface area contributed by atoms with Crippen molar-refractivity contribution in [2.24, 2.45) is 0 Å². The molecule has 0 atom stereocenters. The van der Waals surface area contributed by atoms with Crippen molar-refractivity contribution in [3.8, 4) is 23.1 Å². The number of nitrogens with zero attached hydrogens (tertiary/aromatic N) is 3. The Kier molecular flexibility index (Phi) is 5.34. The lowest BCUT2D eigenvalue weighted by molar-refractivity contribution is -0.137. The van der Waals surface area contributed by atoms with Gasteiger partial charge in [0.25, 0.3) is 0 Å². The molecule has 0 aliphatic rings. The zero-order valence-corrected chi connectivity index (χ0v) is 15.1. The summed E-state index contributed by atoms with van der Waals surface area (Å²) in [4.78, 5) is 15.7. The highest BCUT2D eigenvalue weighted by Crippen LogP contribution is 2.32. The highest BCUT2D eigenvalue weighted by Gasteiger charge is 2.31. The Morgan fingerprint density at radius 3 is 2.50 bits per heavy atom. The Bertz CT molecular complexity index is 982. The predicted octanol–water partition coefficient (Wildman–Crippen LogP) is 4.31. The molecule has 1 heterocycles. The first kappa shape index (κ1) is 19.4. The second-order valence-electron chi connectivity index (χ2n) is 5.86. The van der Waals surface area contributed by atoms with Gasteiger partial charge in [-0.25, -0.2) is 4.68 Å². The van der Waals surface area contributed by atoms with Crippen molar-refractivity contribution in [2.45, 2.75) is 19.5 Å². The lowest BCUT2D eigenvalue weighted by atomic mass is 10.1. The van der Waals surface area contributed by atoms with Crippen LogP contribution in [0, 0.1) is 0 Å². The van der Waals surface area contributed by atoms with E-state index in [4.69, 9.17) is 4.74 Å². The van der Waals surface area contributed by atoms with Crippen LogP contribution in [0.4, 0.5) is 18.9 Å². The average molecular weight is 390 g/mol. The topological polar surface area (TPSA) is 69.0 Å². The van der Waals surface area contributed by atoms with Crippen molar-refractivity contribution in [1.29, 1.82) is 0 Å². The number of nitrogens with one attached hydrogen (secondary N) is 1. The Morgan fingerprint density at radius 2 is 1.89 bits per heavy atom. The minimum absolute atomic E-state index is 0.0239. The molecule has 3 rings (SSSR count). The molecule has 0 unspecified atom stereocenters. The number of ether oxygens (including phenoxy) is 1. The molecule has 1 N–H and O–H groups in total. The molecule has 0 saturated heterocycles. The van der Waals surface area contributed by atoms with Gasteiger partial charge < -0.3 is 10.1 Å². The second-order valence-corrected chi connectivity index (χ2v) is 5.86. The van der Waals surface area contributed by atoms with Crippen molar-refractivity contribution >= 4 is 11.6 Å². The van der Waals surface area contributed by atoms with Gasteiger partial charge in [0, 0.05) is 17.7 Å². The van der Waals surface area contributed by atoms with Gasteiger partial charge >= 0.3 is 12.2 Å². The third-order valence-corrected chi connectivity index (χ3v) is 3.94. The number of hydrogen-bond donors (Lipinski definition) is 1. The van der Waals surface area contributed by atoms with Crippen LogP contribution in [0.5, 0.6) is 6.01 Å². The molecule has 9 heteroatoms. The van der Waals surface area contributed by atoms with Crippen LogP contribution < -0.4 is 10.1 Å². The van der Waals surface area contributed by atoms with Gasteiger partial charge in [-0.05, 0) is 36.4 Å². The van der Waals surface area contributed by atoms with E-state index >= 15 is 0 Å². The molecule has 0 aliphatic carbocycles. The summed E-state index contributed by atoms with van der Waals surface area (Å²) in [6, 6.07) is 11.6. The van der Waals surface area contributed by atoms with E-state index in [1.54, 1.807) is 31.2 Å². The van der Waals surface area contributed by atoms with Crippen LogP contribution in [0.15, 0.2) is 48.5 Å². The number of hydrogen-bond acceptors (Lipinski definition) is 4. The van der Waals surface area contributed by atoms with Gasteiger partial charge in [0.05, 0.1) is 18.4 Å².